The average Bonchev–Trinajstić information content (AvgIpc) is 2.73. The zero-order valence-corrected chi connectivity index (χ0v) is 11.1. The van der Waals surface area contributed by atoms with Crippen LogP contribution in [0, 0.1) is 5.92 Å². The maximum Gasteiger partial charge on any atom is 0.161 e. The summed E-state index contributed by atoms with van der Waals surface area (Å²) in [7, 11) is 0. The molecular formula is C12H14BrN3O. The van der Waals surface area contributed by atoms with Gasteiger partial charge < -0.3 is 4.74 Å². The average molecular weight is 296 g/mol. The second-order valence-electron chi connectivity index (χ2n) is 4.48. The van der Waals surface area contributed by atoms with E-state index in [9.17, 15) is 0 Å². The first-order valence-corrected chi connectivity index (χ1v) is 6.69. The van der Waals surface area contributed by atoms with Crippen molar-refractivity contribution >= 4 is 21.6 Å². The molecule has 2 aromatic rings. The Morgan fingerprint density at radius 1 is 1.47 bits per heavy atom. The van der Waals surface area contributed by atoms with Crippen molar-refractivity contribution in [2.45, 2.75) is 19.3 Å². The third-order valence-electron chi connectivity index (χ3n) is 3.17. The van der Waals surface area contributed by atoms with Crippen LogP contribution in [0.5, 0.6) is 0 Å². The third-order valence-corrected chi connectivity index (χ3v) is 3.66. The minimum absolute atomic E-state index is 0.583. The van der Waals surface area contributed by atoms with Gasteiger partial charge in [0.2, 0.25) is 0 Å². The van der Waals surface area contributed by atoms with Gasteiger partial charge in [-0.3, -0.25) is 4.40 Å². The Hall–Kier alpha value is -0.940. The fraction of sp³-hybridized carbons (Fsp3) is 0.500. The first kappa shape index (κ1) is 11.2. The van der Waals surface area contributed by atoms with Crippen molar-refractivity contribution < 1.29 is 4.74 Å². The van der Waals surface area contributed by atoms with Gasteiger partial charge in [0.15, 0.2) is 5.65 Å². The molecule has 90 valence electrons. The SMILES string of the molecule is Brc1ccn2c(CC3CCCOC3)nnc2c1. The van der Waals surface area contributed by atoms with Crippen LogP contribution < -0.4 is 0 Å². The Labute approximate surface area is 108 Å². The maximum atomic E-state index is 5.50. The van der Waals surface area contributed by atoms with Crippen LogP contribution in [0.1, 0.15) is 18.7 Å². The Kier molecular flexibility index (Phi) is 3.11. The lowest BCUT2D eigenvalue weighted by Gasteiger charge is -2.20. The molecule has 1 aliphatic rings. The summed E-state index contributed by atoms with van der Waals surface area (Å²) in [6.45, 7) is 1.76. The molecule has 1 fully saturated rings. The van der Waals surface area contributed by atoms with Crippen molar-refractivity contribution in [2.24, 2.45) is 5.92 Å². The molecule has 3 rings (SSSR count). The van der Waals surface area contributed by atoms with Crippen molar-refractivity contribution in [1.29, 1.82) is 0 Å². The molecule has 17 heavy (non-hydrogen) atoms. The zero-order chi connectivity index (χ0) is 11.7. The van der Waals surface area contributed by atoms with Crippen LogP contribution in [0.4, 0.5) is 0 Å². The molecule has 0 aromatic carbocycles. The van der Waals surface area contributed by atoms with Gasteiger partial charge in [0, 0.05) is 30.3 Å². The van der Waals surface area contributed by atoms with E-state index in [1.807, 2.05) is 18.3 Å². The molecule has 3 heterocycles. The highest BCUT2D eigenvalue weighted by Crippen LogP contribution is 2.19. The van der Waals surface area contributed by atoms with Gasteiger partial charge >= 0.3 is 0 Å². The van der Waals surface area contributed by atoms with Crippen molar-refractivity contribution in [2.75, 3.05) is 13.2 Å². The number of aromatic nitrogens is 3. The predicted octanol–water partition coefficient (Wildman–Crippen LogP) is 2.46. The van der Waals surface area contributed by atoms with Gasteiger partial charge in [-0.15, -0.1) is 10.2 Å². The number of hydrogen-bond acceptors (Lipinski definition) is 3. The summed E-state index contributed by atoms with van der Waals surface area (Å²) in [5.74, 6) is 1.61. The summed E-state index contributed by atoms with van der Waals surface area (Å²) in [4.78, 5) is 0. The second-order valence-corrected chi connectivity index (χ2v) is 5.39. The summed E-state index contributed by atoms with van der Waals surface area (Å²) in [6, 6.07) is 3.99. The topological polar surface area (TPSA) is 39.4 Å². The summed E-state index contributed by atoms with van der Waals surface area (Å²) in [6.07, 6.45) is 5.35. The molecule has 0 spiro atoms. The van der Waals surface area contributed by atoms with E-state index in [2.05, 4.69) is 30.5 Å². The molecule has 4 nitrogen and oxygen atoms in total. The normalized spacial score (nSPS) is 20.9. The van der Waals surface area contributed by atoms with Crippen LogP contribution in [0.3, 0.4) is 0 Å². The van der Waals surface area contributed by atoms with Crippen LogP contribution in [0.15, 0.2) is 22.8 Å². The molecule has 1 aliphatic heterocycles. The second kappa shape index (κ2) is 4.74. The molecule has 1 atom stereocenters. The van der Waals surface area contributed by atoms with E-state index in [-0.39, 0.29) is 0 Å². The van der Waals surface area contributed by atoms with E-state index < -0.39 is 0 Å². The number of nitrogens with zero attached hydrogens (tertiary/aromatic N) is 3. The molecule has 0 saturated carbocycles. The van der Waals surface area contributed by atoms with Gasteiger partial charge in [-0.2, -0.15) is 0 Å². The summed E-state index contributed by atoms with van der Waals surface area (Å²) in [5.41, 5.74) is 0.895. The molecule has 0 radical (unpaired) electrons. The van der Waals surface area contributed by atoms with E-state index >= 15 is 0 Å². The van der Waals surface area contributed by atoms with Gasteiger partial charge in [0.25, 0.3) is 0 Å². The Balaban J connectivity index is 1.84. The molecule has 0 aliphatic carbocycles. The predicted molar refractivity (Wildman–Crippen MR) is 67.9 cm³/mol. The molecule has 1 unspecified atom stereocenters. The van der Waals surface area contributed by atoms with Gasteiger partial charge in [-0.1, -0.05) is 15.9 Å². The quantitative estimate of drug-likeness (QED) is 0.854. The summed E-state index contributed by atoms with van der Waals surface area (Å²) >= 11 is 3.44. The number of halogens is 1. The first-order chi connectivity index (χ1) is 8.33. The molecule has 0 amide bonds. The number of fused-ring (bicyclic) bond motifs is 1. The van der Waals surface area contributed by atoms with E-state index in [0.717, 1.165) is 42.0 Å². The lowest BCUT2D eigenvalue weighted by Crippen LogP contribution is -2.20. The fourth-order valence-electron chi connectivity index (χ4n) is 2.28. The molecule has 0 bridgehead atoms. The highest BCUT2D eigenvalue weighted by atomic mass is 79.9. The monoisotopic (exact) mass is 295 g/mol. The smallest absolute Gasteiger partial charge is 0.161 e. The maximum absolute atomic E-state index is 5.50. The van der Waals surface area contributed by atoms with Crippen molar-refractivity contribution in [3.05, 3.63) is 28.6 Å². The minimum Gasteiger partial charge on any atom is -0.381 e. The number of rotatable bonds is 2. The first-order valence-electron chi connectivity index (χ1n) is 5.90. The lowest BCUT2D eigenvalue weighted by molar-refractivity contribution is 0.0542. The van der Waals surface area contributed by atoms with Crippen molar-refractivity contribution in [3.8, 4) is 0 Å². The molecular weight excluding hydrogens is 282 g/mol. The van der Waals surface area contributed by atoms with Crippen LogP contribution in [-0.2, 0) is 11.2 Å². The Morgan fingerprint density at radius 2 is 2.41 bits per heavy atom. The molecule has 5 heteroatoms. The summed E-state index contributed by atoms with van der Waals surface area (Å²) in [5, 5.41) is 8.45. The minimum atomic E-state index is 0.583. The highest BCUT2D eigenvalue weighted by Gasteiger charge is 2.17. The third kappa shape index (κ3) is 2.35. The van der Waals surface area contributed by atoms with Crippen molar-refractivity contribution in [1.82, 2.24) is 14.6 Å². The van der Waals surface area contributed by atoms with Crippen LogP contribution in [0.25, 0.3) is 5.65 Å². The largest absolute Gasteiger partial charge is 0.381 e. The fourth-order valence-corrected chi connectivity index (χ4v) is 2.60. The summed E-state index contributed by atoms with van der Waals surface area (Å²) < 4.78 is 8.58. The van der Waals surface area contributed by atoms with Gasteiger partial charge in [-0.25, -0.2) is 0 Å². The van der Waals surface area contributed by atoms with Crippen molar-refractivity contribution in [3.63, 3.8) is 0 Å². The van der Waals surface area contributed by atoms with Gasteiger partial charge in [0.05, 0.1) is 0 Å². The van der Waals surface area contributed by atoms with Gasteiger partial charge in [-0.05, 0) is 30.9 Å². The van der Waals surface area contributed by atoms with E-state index in [1.54, 1.807) is 0 Å². The molecule has 2 aromatic heterocycles. The lowest BCUT2D eigenvalue weighted by atomic mass is 9.98. The number of hydrogen-bond donors (Lipinski definition) is 0. The Morgan fingerprint density at radius 3 is 3.24 bits per heavy atom. The van der Waals surface area contributed by atoms with Crippen LogP contribution in [0.2, 0.25) is 0 Å². The molecule has 0 N–H and O–H groups in total. The van der Waals surface area contributed by atoms with E-state index in [0.29, 0.717) is 5.92 Å². The zero-order valence-electron chi connectivity index (χ0n) is 9.47. The molecule has 1 saturated heterocycles. The van der Waals surface area contributed by atoms with E-state index in [1.165, 1.54) is 6.42 Å². The Bertz CT molecular complexity index is 519. The standard InChI is InChI=1S/C12H14BrN3O/c13-10-3-4-16-11(14-15-12(16)7-10)6-9-2-1-5-17-8-9/h3-4,7,9H,1-2,5-6,8H2. The number of pyridine rings is 1. The highest BCUT2D eigenvalue weighted by molar-refractivity contribution is 9.10. The van der Waals surface area contributed by atoms with Crippen LogP contribution >= 0.6 is 15.9 Å². The van der Waals surface area contributed by atoms with Crippen LogP contribution in [-0.4, -0.2) is 27.8 Å². The van der Waals surface area contributed by atoms with E-state index in [4.69, 9.17) is 4.74 Å². The van der Waals surface area contributed by atoms with Gasteiger partial charge in [0.1, 0.15) is 5.82 Å². The number of ether oxygens (including phenoxy) is 1.